The van der Waals surface area contributed by atoms with E-state index in [0.717, 1.165) is 4.57 Å². The Hall–Kier alpha value is -4.76. The number of ether oxygens (including phenoxy) is 4. The minimum atomic E-state index is -5.14. The fourth-order valence-electron chi connectivity index (χ4n) is 6.76. The summed E-state index contributed by atoms with van der Waals surface area (Å²) in [5.74, 6) is -1.56. The molecule has 1 unspecified atom stereocenters. The maximum absolute atomic E-state index is 13.5. The van der Waals surface area contributed by atoms with E-state index in [-0.39, 0.29) is 16.3 Å². The van der Waals surface area contributed by atoms with E-state index < -0.39 is 55.8 Å². The molecule has 0 radical (unpaired) electrons. The molecule has 14 nitrogen and oxygen atoms in total. The highest BCUT2D eigenvalue weighted by Gasteiger charge is 2.55. The summed E-state index contributed by atoms with van der Waals surface area (Å²) >= 11 is 6.17. The van der Waals surface area contributed by atoms with Gasteiger partial charge in [-0.3, -0.25) is 19.2 Å². The van der Waals surface area contributed by atoms with E-state index in [9.17, 15) is 24.2 Å². The third-order valence-corrected chi connectivity index (χ3v) is 11.3. The van der Waals surface area contributed by atoms with Crippen LogP contribution in [0.5, 0.6) is 17.2 Å². The third-order valence-electron chi connectivity index (χ3n) is 10.0. The molecule has 1 aliphatic rings. The van der Waals surface area contributed by atoms with E-state index in [2.05, 4.69) is 30.7 Å². The number of phosphoric ester groups is 1. The van der Waals surface area contributed by atoms with Gasteiger partial charge in [0.1, 0.15) is 35.2 Å². The predicted octanol–water partition coefficient (Wildman–Crippen LogP) is 7.04. The molecule has 1 aliphatic heterocycles. The lowest BCUT2D eigenvalue weighted by Gasteiger charge is -2.38. The Morgan fingerprint density at radius 3 is 1.90 bits per heavy atom. The van der Waals surface area contributed by atoms with Gasteiger partial charge in [-0.05, 0) is 79.6 Å². The quantitative estimate of drug-likeness (QED) is 0.0526. The van der Waals surface area contributed by atoms with Crippen molar-refractivity contribution in [3.63, 3.8) is 0 Å². The van der Waals surface area contributed by atoms with Crippen molar-refractivity contribution in [1.82, 2.24) is 14.5 Å². The van der Waals surface area contributed by atoms with Crippen LogP contribution < -0.4 is 25.2 Å². The van der Waals surface area contributed by atoms with Crippen molar-refractivity contribution in [2.45, 2.75) is 57.8 Å². The Morgan fingerprint density at radius 2 is 1.39 bits per heavy atom. The van der Waals surface area contributed by atoms with Gasteiger partial charge in [0.25, 0.3) is 5.56 Å². The lowest BCUT2D eigenvalue weighted by Crippen LogP contribution is -2.46. The van der Waals surface area contributed by atoms with E-state index in [4.69, 9.17) is 39.6 Å². The number of rotatable bonds is 16. The molecule has 1 saturated heterocycles. The fraction of sp³-hybridized carbons (Fsp3) is 0.349. The molecule has 16 heteroatoms. The van der Waals surface area contributed by atoms with Crippen molar-refractivity contribution in [3.05, 3.63) is 157 Å². The average Bonchev–Trinajstić information content (AvgIpc) is 3.56. The molecule has 5 aromatic rings. The van der Waals surface area contributed by atoms with Crippen LogP contribution in [0.2, 0.25) is 5.02 Å². The van der Waals surface area contributed by atoms with Gasteiger partial charge in [0, 0.05) is 11.8 Å². The normalized spacial score (nSPS) is 18.7. The Morgan fingerprint density at radius 1 is 0.864 bits per heavy atom. The lowest BCUT2D eigenvalue weighted by atomic mass is 9.80. The first kappa shape index (κ1) is 45.3. The van der Waals surface area contributed by atoms with Crippen LogP contribution in [0, 0.1) is 6.92 Å². The molecule has 6 rings (SSSR count). The molecule has 4 aromatic carbocycles. The molecular formula is C43H51ClN3O11P. The Balaban J connectivity index is 0.000000867. The summed E-state index contributed by atoms with van der Waals surface area (Å²) in [7, 11) is -2.03. The summed E-state index contributed by atoms with van der Waals surface area (Å²) < 4.78 is 49.3. The lowest BCUT2D eigenvalue weighted by molar-refractivity contribution is -0.204. The van der Waals surface area contributed by atoms with E-state index in [0.29, 0.717) is 28.2 Å². The molecule has 3 N–H and O–H groups in total. The number of aromatic amines is 1. The van der Waals surface area contributed by atoms with Gasteiger partial charge in [-0.15, -0.1) is 0 Å². The van der Waals surface area contributed by atoms with Gasteiger partial charge in [-0.1, -0.05) is 99.1 Å². The Labute approximate surface area is 348 Å². The van der Waals surface area contributed by atoms with Crippen LogP contribution in [-0.2, 0) is 24.2 Å². The van der Waals surface area contributed by atoms with Crippen LogP contribution in [0.25, 0.3) is 0 Å². The number of hydrogen-bond acceptors (Lipinski definition) is 11. The molecular weight excluding hydrogens is 801 g/mol. The minimum absolute atomic E-state index is 0.0229. The largest absolute Gasteiger partial charge is 0.530 e. The molecule has 316 valence electrons. The van der Waals surface area contributed by atoms with Crippen LogP contribution in [0.4, 0.5) is 0 Å². The minimum Gasteiger partial charge on any atom is -0.497 e. The number of nitrogens with zero attached hydrogens (tertiary/aromatic N) is 2. The average molecular weight is 852 g/mol. The molecule has 59 heavy (non-hydrogen) atoms. The number of nitrogens with one attached hydrogen (secondary N) is 1. The first-order valence-corrected chi connectivity index (χ1v) is 21.0. The van der Waals surface area contributed by atoms with Gasteiger partial charge in [0.05, 0.1) is 32.3 Å². The highest BCUT2D eigenvalue weighted by Crippen LogP contribution is 2.53. The van der Waals surface area contributed by atoms with Crippen LogP contribution in [0.1, 0.15) is 55.7 Å². The van der Waals surface area contributed by atoms with Crippen molar-refractivity contribution >= 4 is 19.4 Å². The smallest absolute Gasteiger partial charge is 0.497 e. The topological polar surface area (TPSA) is 171 Å². The van der Waals surface area contributed by atoms with Crippen LogP contribution >= 0.6 is 19.4 Å². The maximum atomic E-state index is 13.5. The zero-order chi connectivity index (χ0) is 42.8. The molecule has 4 atom stereocenters. The van der Waals surface area contributed by atoms with Crippen molar-refractivity contribution < 1.29 is 42.6 Å². The van der Waals surface area contributed by atoms with E-state index in [1.807, 2.05) is 54.6 Å². The summed E-state index contributed by atoms with van der Waals surface area (Å²) in [6.45, 7) is 11.1. The number of phosphoric acid groups is 1. The van der Waals surface area contributed by atoms with Gasteiger partial charge in [-0.25, -0.2) is 13.9 Å². The SMILES string of the molecule is CCN(CC)CC.COc1ccc(C(OC[C@H]2O[C@@H](n3cc(C)c(=O)[nH]c3=O)C[C@@]2(O)OP(=O)(O)Oc2ccccc2Cl)(c2ccccc2)c2ccc(OC)cc2)cc1. The standard InChI is InChI=1S/C37H36ClN2O11P.C6H15N/c1-24-22-40(35(42)39-34(24)41)33-21-36(43,51-52(44,45)50-31-12-8-7-11-30(31)38)32(49-33)23-48-37(25-9-5-4-6-10-25,26-13-17-28(46-2)18-14-26)27-15-19-29(47-3)20-16-27;1-4-7(5-2)6-3/h4-20,22,32-33,43H,21,23H2,1-3H3,(H,44,45)(H,39,41,42);4-6H2,1-3H3/t32-,33-,36-;/m1./s1. The van der Waals surface area contributed by atoms with E-state index >= 15 is 0 Å². The first-order valence-electron chi connectivity index (χ1n) is 19.1. The summed E-state index contributed by atoms with van der Waals surface area (Å²) in [5, 5.41) is 12.2. The number of aromatic nitrogens is 2. The molecule has 1 fully saturated rings. The van der Waals surface area contributed by atoms with Gasteiger partial charge >= 0.3 is 13.5 Å². The zero-order valence-electron chi connectivity index (χ0n) is 33.9. The monoisotopic (exact) mass is 851 g/mol. The number of para-hydroxylation sites is 1. The molecule has 0 amide bonds. The molecule has 2 heterocycles. The number of aliphatic hydroxyl groups is 1. The molecule has 1 aromatic heterocycles. The van der Waals surface area contributed by atoms with Crippen molar-refractivity contribution in [2.75, 3.05) is 40.5 Å². The third kappa shape index (κ3) is 10.7. The van der Waals surface area contributed by atoms with Gasteiger partial charge in [-0.2, -0.15) is 0 Å². The number of methoxy groups -OCH3 is 2. The molecule has 0 spiro atoms. The van der Waals surface area contributed by atoms with Gasteiger partial charge in [0.15, 0.2) is 0 Å². The second-order valence-corrected chi connectivity index (χ2v) is 15.3. The van der Waals surface area contributed by atoms with Crippen molar-refractivity contribution in [2.24, 2.45) is 0 Å². The number of aryl methyl sites for hydroxylation is 1. The maximum Gasteiger partial charge on any atom is 0.530 e. The van der Waals surface area contributed by atoms with Crippen LogP contribution in [0.3, 0.4) is 0 Å². The zero-order valence-corrected chi connectivity index (χ0v) is 35.5. The number of H-pyrrole nitrogens is 1. The van der Waals surface area contributed by atoms with E-state index in [1.54, 1.807) is 44.6 Å². The summed E-state index contributed by atoms with van der Waals surface area (Å²) in [5.41, 5.74) is -0.637. The molecule has 0 aliphatic carbocycles. The first-order chi connectivity index (χ1) is 28.2. The second kappa shape index (κ2) is 20.0. The van der Waals surface area contributed by atoms with Gasteiger partial charge in [0.2, 0.25) is 5.79 Å². The summed E-state index contributed by atoms with van der Waals surface area (Å²) in [4.78, 5) is 40.6. The van der Waals surface area contributed by atoms with Crippen molar-refractivity contribution in [3.8, 4) is 17.2 Å². The highest BCUT2D eigenvalue weighted by atomic mass is 35.5. The van der Waals surface area contributed by atoms with Crippen LogP contribution in [0.15, 0.2) is 119 Å². The van der Waals surface area contributed by atoms with Crippen LogP contribution in [-0.4, -0.2) is 76.8 Å². The molecule has 0 bridgehead atoms. The summed E-state index contributed by atoms with van der Waals surface area (Å²) in [6.07, 6.45) is -2.09. The Bertz CT molecular complexity index is 2230. The fourth-order valence-corrected chi connectivity index (χ4v) is 8.03. The van der Waals surface area contributed by atoms with E-state index in [1.165, 1.54) is 51.0 Å². The molecule has 0 saturated carbocycles. The number of hydrogen-bond donors (Lipinski definition) is 3. The summed E-state index contributed by atoms with van der Waals surface area (Å²) in [6, 6.07) is 29.7. The van der Waals surface area contributed by atoms with Gasteiger partial charge < -0.3 is 33.5 Å². The second-order valence-electron chi connectivity index (χ2n) is 13.6. The van der Waals surface area contributed by atoms with Crippen molar-refractivity contribution in [1.29, 1.82) is 0 Å². The number of halogens is 1. The number of benzene rings is 4. The highest BCUT2D eigenvalue weighted by molar-refractivity contribution is 7.47. The Kier molecular flexibility index (Phi) is 15.4. The predicted molar refractivity (Wildman–Crippen MR) is 224 cm³/mol.